The Hall–Kier alpha value is -0.860. The molecule has 0 spiro atoms. The molecule has 0 radical (unpaired) electrons. The molecule has 1 saturated carbocycles. The Bertz CT molecular complexity index is 250. The van der Waals surface area contributed by atoms with E-state index in [2.05, 4.69) is 12.2 Å². The summed E-state index contributed by atoms with van der Waals surface area (Å²) in [6, 6.07) is 0. The minimum absolute atomic E-state index is 0.0136. The molecule has 2 atom stereocenters. The highest BCUT2D eigenvalue weighted by atomic mass is 16.2. The van der Waals surface area contributed by atoms with Crippen molar-refractivity contribution >= 4 is 11.7 Å². The summed E-state index contributed by atoms with van der Waals surface area (Å²) in [6.07, 6.45) is 6.73. The summed E-state index contributed by atoms with van der Waals surface area (Å²) in [5.74, 6) is 1.57. The number of amides is 1. The van der Waals surface area contributed by atoms with Crippen molar-refractivity contribution in [1.82, 2.24) is 5.32 Å². The third kappa shape index (κ3) is 5.29. The minimum Gasteiger partial charge on any atom is -0.349 e. The van der Waals surface area contributed by atoms with E-state index in [9.17, 15) is 9.59 Å². The van der Waals surface area contributed by atoms with E-state index in [1.165, 1.54) is 32.6 Å². The maximum atomic E-state index is 11.4. The SMILES string of the molecule is CC(=O)CNC(=O)CCC1CCCC(C)C1. The number of Topliss-reactive ketones (excluding diaryl/α,β-unsaturated/α-hetero) is 1. The van der Waals surface area contributed by atoms with E-state index in [1.54, 1.807) is 0 Å². The molecule has 0 aromatic heterocycles. The van der Waals surface area contributed by atoms with Gasteiger partial charge in [0.15, 0.2) is 0 Å². The monoisotopic (exact) mass is 225 g/mol. The Morgan fingerprint density at radius 1 is 1.31 bits per heavy atom. The molecule has 92 valence electrons. The number of nitrogens with one attached hydrogen (secondary N) is 1. The van der Waals surface area contributed by atoms with Crippen LogP contribution in [0.4, 0.5) is 0 Å². The fraction of sp³-hybridized carbons (Fsp3) is 0.846. The number of carbonyl (C=O) groups is 2. The van der Waals surface area contributed by atoms with Gasteiger partial charge in [0.2, 0.25) is 5.91 Å². The first-order valence-electron chi connectivity index (χ1n) is 6.34. The van der Waals surface area contributed by atoms with Crippen LogP contribution in [-0.2, 0) is 9.59 Å². The van der Waals surface area contributed by atoms with E-state index < -0.39 is 0 Å². The van der Waals surface area contributed by atoms with Crippen LogP contribution in [-0.4, -0.2) is 18.2 Å². The van der Waals surface area contributed by atoms with Gasteiger partial charge < -0.3 is 5.32 Å². The fourth-order valence-electron chi connectivity index (χ4n) is 2.47. The van der Waals surface area contributed by atoms with Crippen LogP contribution in [0, 0.1) is 11.8 Å². The van der Waals surface area contributed by atoms with Gasteiger partial charge in [-0.25, -0.2) is 0 Å². The maximum Gasteiger partial charge on any atom is 0.220 e. The summed E-state index contributed by atoms with van der Waals surface area (Å²) in [6.45, 7) is 3.96. The van der Waals surface area contributed by atoms with Crippen LogP contribution in [0.3, 0.4) is 0 Å². The van der Waals surface area contributed by atoms with Crippen molar-refractivity contribution in [2.75, 3.05) is 6.54 Å². The van der Waals surface area contributed by atoms with Gasteiger partial charge in [-0.15, -0.1) is 0 Å². The van der Waals surface area contributed by atoms with Gasteiger partial charge in [0.05, 0.1) is 6.54 Å². The fourth-order valence-corrected chi connectivity index (χ4v) is 2.47. The zero-order chi connectivity index (χ0) is 12.0. The average molecular weight is 225 g/mol. The van der Waals surface area contributed by atoms with Crippen LogP contribution in [0.25, 0.3) is 0 Å². The normalized spacial score (nSPS) is 25.1. The van der Waals surface area contributed by atoms with Crippen molar-refractivity contribution in [2.24, 2.45) is 11.8 Å². The molecule has 1 aliphatic rings. The molecule has 1 fully saturated rings. The van der Waals surface area contributed by atoms with E-state index in [-0.39, 0.29) is 18.2 Å². The van der Waals surface area contributed by atoms with Gasteiger partial charge in [-0.2, -0.15) is 0 Å². The molecule has 0 bridgehead atoms. The van der Waals surface area contributed by atoms with Gasteiger partial charge in [0, 0.05) is 6.42 Å². The molecule has 0 aromatic carbocycles. The van der Waals surface area contributed by atoms with E-state index in [1.807, 2.05) is 0 Å². The molecule has 1 N–H and O–H groups in total. The second kappa shape index (κ2) is 6.66. The predicted octanol–water partition coefficient (Wildman–Crippen LogP) is 2.30. The molecule has 0 aliphatic heterocycles. The van der Waals surface area contributed by atoms with Gasteiger partial charge >= 0.3 is 0 Å². The van der Waals surface area contributed by atoms with Gasteiger partial charge in [-0.1, -0.05) is 26.2 Å². The zero-order valence-corrected chi connectivity index (χ0v) is 10.4. The topological polar surface area (TPSA) is 46.2 Å². The number of rotatable bonds is 5. The summed E-state index contributed by atoms with van der Waals surface area (Å²) in [5, 5.41) is 2.64. The first kappa shape index (κ1) is 13.2. The van der Waals surface area contributed by atoms with Crippen molar-refractivity contribution in [3.05, 3.63) is 0 Å². The summed E-state index contributed by atoms with van der Waals surface area (Å²) in [7, 11) is 0. The Morgan fingerprint density at radius 3 is 2.69 bits per heavy atom. The standard InChI is InChI=1S/C13H23NO2/c1-10-4-3-5-12(8-10)6-7-13(16)14-9-11(2)15/h10,12H,3-9H2,1-2H3,(H,14,16). The van der Waals surface area contributed by atoms with Gasteiger partial charge in [-0.05, 0) is 31.6 Å². The number of hydrogen-bond donors (Lipinski definition) is 1. The Morgan fingerprint density at radius 2 is 2.06 bits per heavy atom. The first-order chi connectivity index (χ1) is 7.58. The van der Waals surface area contributed by atoms with E-state index in [0.29, 0.717) is 12.3 Å². The lowest BCUT2D eigenvalue weighted by molar-refractivity contribution is -0.124. The second-order valence-corrected chi connectivity index (χ2v) is 5.16. The van der Waals surface area contributed by atoms with Crippen molar-refractivity contribution < 1.29 is 9.59 Å². The molecule has 0 heterocycles. The molecular weight excluding hydrogens is 202 g/mol. The highest BCUT2D eigenvalue weighted by molar-refractivity contribution is 5.84. The van der Waals surface area contributed by atoms with E-state index >= 15 is 0 Å². The molecule has 16 heavy (non-hydrogen) atoms. The van der Waals surface area contributed by atoms with Crippen molar-refractivity contribution in [3.63, 3.8) is 0 Å². The van der Waals surface area contributed by atoms with Crippen LogP contribution in [0.2, 0.25) is 0 Å². The Labute approximate surface area is 98.0 Å². The predicted molar refractivity (Wildman–Crippen MR) is 64.0 cm³/mol. The molecule has 0 saturated heterocycles. The van der Waals surface area contributed by atoms with E-state index in [0.717, 1.165) is 12.3 Å². The summed E-state index contributed by atoms with van der Waals surface area (Å²) >= 11 is 0. The Balaban J connectivity index is 2.13. The molecule has 2 unspecified atom stereocenters. The van der Waals surface area contributed by atoms with Crippen molar-refractivity contribution in [3.8, 4) is 0 Å². The lowest BCUT2D eigenvalue weighted by Gasteiger charge is -2.26. The minimum atomic E-state index is 0.0136. The average Bonchev–Trinajstić information content (AvgIpc) is 2.23. The van der Waals surface area contributed by atoms with Gasteiger partial charge in [0.1, 0.15) is 5.78 Å². The molecule has 3 nitrogen and oxygen atoms in total. The first-order valence-corrected chi connectivity index (χ1v) is 6.34. The van der Waals surface area contributed by atoms with E-state index in [4.69, 9.17) is 0 Å². The lowest BCUT2D eigenvalue weighted by atomic mass is 9.80. The third-order valence-corrected chi connectivity index (χ3v) is 3.36. The molecule has 3 heteroatoms. The molecule has 1 rings (SSSR count). The van der Waals surface area contributed by atoms with Crippen molar-refractivity contribution in [2.45, 2.75) is 52.4 Å². The summed E-state index contributed by atoms with van der Waals surface area (Å²) in [5.41, 5.74) is 0. The van der Waals surface area contributed by atoms with Gasteiger partial charge in [-0.3, -0.25) is 9.59 Å². The quantitative estimate of drug-likeness (QED) is 0.780. The second-order valence-electron chi connectivity index (χ2n) is 5.16. The summed E-state index contributed by atoms with van der Waals surface area (Å²) < 4.78 is 0. The number of carbonyl (C=O) groups excluding carboxylic acids is 2. The molecule has 0 aromatic rings. The number of ketones is 1. The number of hydrogen-bond acceptors (Lipinski definition) is 2. The summed E-state index contributed by atoms with van der Waals surface area (Å²) in [4.78, 5) is 22.1. The van der Waals surface area contributed by atoms with Crippen LogP contribution in [0.5, 0.6) is 0 Å². The smallest absolute Gasteiger partial charge is 0.220 e. The highest BCUT2D eigenvalue weighted by Gasteiger charge is 2.19. The van der Waals surface area contributed by atoms with Crippen LogP contribution < -0.4 is 5.32 Å². The van der Waals surface area contributed by atoms with Crippen LogP contribution >= 0.6 is 0 Å². The Kier molecular flexibility index (Phi) is 5.50. The van der Waals surface area contributed by atoms with Crippen molar-refractivity contribution in [1.29, 1.82) is 0 Å². The van der Waals surface area contributed by atoms with Gasteiger partial charge in [0.25, 0.3) is 0 Å². The molecule has 1 aliphatic carbocycles. The van der Waals surface area contributed by atoms with Crippen LogP contribution in [0.1, 0.15) is 52.4 Å². The van der Waals surface area contributed by atoms with Crippen LogP contribution in [0.15, 0.2) is 0 Å². The third-order valence-electron chi connectivity index (χ3n) is 3.36. The maximum absolute atomic E-state index is 11.4. The lowest BCUT2D eigenvalue weighted by Crippen LogP contribution is -2.28. The molecule has 1 amide bonds. The highest BCUT2D eigenvalue weighted by Crippen LogP contribution is 2.31. The largest absolute Gasteiger partial charge is 0.349 e. The zero-order valence-electron chi connectivity index (χ0n) is 10.4. The molecular formula is C13H23NO2.